The molecule has 0 atom stereocenters. The largest absolute Gasteiger partial charge is 0.456 e. The third kappa shape index (κ3) is 3.02. The molecule has 7 aromatic rings. The molecule has 0 N–H and O–H groups in total. The highest BCUT2D eigenvalue weighted by Crippen LogP contribution is 2.40. The number of fused-ring (bicyclic) bond motifs is 6. The van der Waals surface area contributed by atoms with Gasteiger partial charge in [-0.2, -0.15) is 5.26 Å². The highest BCUT2D eigenvalue weighted by Gasteiger charge is 2.20. The van der Waals surface area contributed by atoms with E-state index in [1.54, 1.807) is 6.07 Å². The van der Waals surface area contributed by atoms with Crippen LogP contribution in [0.4, 0.5) is 11.4 Å². The predicted molar refractivity (Wildman–Crippen MR) is 151 cm³/mol. The minimum atomic E-state index is 0.548. The molecule has 0 amide bonds. The molecule has 0 aliphatic heterocycles. The van der Waals surface area contributed by atoms with Gasteiger partial charge in [0.25, 0.3) is 0 Å². The lowest BCUT2D eigenvalue weighted by Crippen LogP contribution is -2.00. The summed E-state index contributed by atoms with van der Waals surface area (Å²) >= 11 is 0. The van der Waals surface area contributed by atoms with Crippen LogP contribution in [0.25, 0.3) is 70.2 Å². The first-order valence-electron chi connectivity index (χ1n) is 12.0. The van der Waals surface area contributed by atoms with Crippen molar-refractivity contribution in [3.63, 3.8) is 0 Å². The molecule has 0 aliphatic rings. The topological polar surface area (TPSA) is 50.6 Å². The van der Waals surface area contributed by atoms with Crippen molar-refractivity contribution in [3.05, 3.63) is 125 Å². The average molecular weight is 485 g/mol. The molecule has 5 aromatic carbocycles. The minimum absolute atomic E-state index is 0.548. The van der Waals surface area contributed by atoms with E-state index in [-0.39, 0.29) is 0 Å². The van der Waals surface area contributed by atoms with Gasteiger partial charge < -0.3 is 8.98 Å². The van der Waals surface area contributed by atoms with Crippen molar-refractivity contribution >= 4 is 55.1 Å². The van der Waals surface area contributed by atoms with E-state index in [1.165, 1.54) is 0 Å². The molecule has 5 heteroatoms. The zero-order chi connectivity index (χ0) is 25.8. The van der Waals surface area contributed by atoms with Crippen molar-refractivity contribution in [3.8, 4) is 22.9 Å². The Morgan fingerprint density at radius 1 is 0.658 bits per heavy atom. The summed E-state index contributed by atoms with van der Waals surface area (Å²) in [6.07, 6.45) is 0. The van der Waals surface area contributed by atoms with Crippen molar-refractivity contribution in [1.82, 2.24) is 4.57 Å². The summed E-state index contributed by atoms with van der Waals surface area (Å²) in [6.45, 7) is 14.9. The van der Waals surface area contributed by atoms with Crippen molar-refractivity contribution in [2.45, 2.75) is 0 Å². The van der Waals surface area contributed by atoms with E-state index in [2.05, 4.69) is 32.5 Å². The molecule has 5 nitrogen and oxygen atoms in total. The molecule has 0 fully saturated rings. The van der Waals surface area contributed by atoms with Crippen molar-refractivity contribution < 1.29 is 4.42 Å². The Hall–Kier alpha value is -5.83. The molecule has 0 saturated carbocycles. The van der Waals surface area contributed by atoms with Gasteiger partial charge in [-0.05, 0) is 59.5 Å². The molecular formula is C33H16N4O. The fraction of sp³-hybridized carbons (Fsp3) is 0. The second-order valence-electron chi connectivity index (χ2n) is 9.08. The number of aromatic nitrogens is 1. The number of hydrogen-bond donors (Lipinski definition) is 0. The van der Waals surface area contributed by atoms with Crippen LogP contribution >= 0.6 is 0 Å². The van der Waals surface area contributed by atoms with Gasteiger partial charge in [-0.15, -0.1) is 0 Å². The Labute approximate surface area is 217 Å². The molecular weight excluding hydrogens is 468 g/mol. The van der Waals surface area contributed by atoms with Crippen LogP contribution in [0.3, 0.4) is 0 Å². The zero-order valence-corrected chi connectivity index (χ0v) is 19.9. The van der Waals surface area contributed by atoms with Crippen molar-refractivity contribution in [1.29, 1.82) is 5.26 Å². The Morgan fingerprint density at radius 2 is 1.34 bits per heavy atom. The quantitative estimate of drug-likeness (QED) is 0.230. The minimum Gasteiger partial charge on any atom is -0.456 e. The smallest absolute Gasteiger partial charge is 0.188 e. The van der Waals surface area contributed by atoms with Crippen LogP contribution in [-0.4, -0.2) is 4.57 Å². The van der Waals surface area contributed by atoms with E-state index >= 15 is 0 Å². The van der Waals surface area contributed by atoms with Crippen LogP contribution in [0, 0.1) is 24.5 Å². The van der Waals surface area contributed by atoms with Crippen LogP contribution in [0.1, 0.15) is 5.56 Å². The second kappa shape index (κ2) is 8.10. The maximum Gasteiger partial charge on any atom is 0.188 e. The fourth-order valence-corrected chi connectivity index (χ4v) is 5.38. The van der Waals surface area contributed by atoms with E-state index in [0.717, 1.165) is 60.6 Å². The van der Waals surface area contributed by atoms with E-state index in [1.807, 2.05) is 78.9 Å². The second-order valence-corrected chi connectivity index (χ2v) is 9.08. The van der Waals surface area contributed by atoms with Crippen LogP contribution in [0.15, 0.2) is 101 Å². The standard InChI is InChI=1S/C33H16N4O/c1-35-22-11-13-30-26(17-22)25-7-3-4-9-29(25)37(30)33-21(19-34)6-5-8-24(33)20-10-14-31-27(16-20)28-18-23(36-2)12-15-32(28)38-31/h3-18H. The Bertz CT molecular complexity index is 2230. The van der Waals surface area contributed by atoms with Crippen LogP contribution < -0.4 is 0 Å². The Balaban J connectivity index is 1.57. The highest BCUT2D eigenvalue weighted by molar-refractivity contribution is 6.11. The van der Waals surface area contributed by atoms with Crippen molar-refractivity contribution in [2.75, 3.05) is 0 Å². The summed E-state index contributed by atoms with van der Waals surface area (Å²) in [7, 11) is 0. The number of rotatable bonds is 2. The summed E-state index contributed by atoms with van der Waals surface area (Å²) in [5.74, 6) is 0. The molecule has 0 unspecified atom stereocenters. The molecule has 0 bridgehead atoms. The number of nitriles is 1. The highest BCUT2D eigenvalue weighted by atomic mass is 16.3. The molecule has 38 heavy (non-hydrogen) atoms. The molecule has 0 saturated heterocycles. The first-order chi connectivity index (χ1) is 18.7. The third-order valence-corrected chi connectivity index (χ3v) is 7.06. The number of nitrogens with zero attached hydrogens (tertiary/aromatic N) is 4. The summed E-state index contributed by atoms with van der Waals surface area (Å²) < 4.78 is 8.17. The van der Waals surface area contributed by atoms with Crippen LogP contribution in [0.5, 0.6) is 0 Å². The molecule has 174 valence electrons. The monoisotopic (exact) mass is 484 g/mol. The zero-order valence-electron chi connectivity index (χ0n) is 19.9. The lowest BCUT2D eigenvalue weighted by Gasteiger charge is -2.16. The normalized spacial score (nSPS) is 11.1. The number of para-hydroxylation sites is 2. The molecule has 0 radical (unpaired) electrons. The maximum absolute atomic E-state index is 10.2. The summed E-state index contributed by atoms with van der Waals surface area (Å²) in [5.41, 5.74) is 7.66. The SMILES string of the molecule is [C-]#[N+]c1ccc2oc3ccc(-c4cccc(C#N)c4-n4c5ccccc5c5cc([N+]#[C-])ccc54)cc3c2c1. The van der Waals surface area contributed by atoms with E-state index < -0.39 is 0 Å². The lowest BCUT2D eigenvalue weighted by atomic mass is 9.98. The van der Waals surface area contributed by atoms with E-state index in [0.29, 0.717) is 16.9 Å². The third-order valence-electron chi connectivity index (χ3n) is 7.06. The number of hydrogen-bond acceptors (Lipinski definition) is 2. The summed E-state index contributed by atoms with van der Waals surface area (Å²) in [6, 6.07) is 33.4. The van der Waals surface area contributed by atoms with Crippen LogP contribution in [0.2, 0.25) is 0 Å². The first kappa shape index (κ1) is 21.5. The summed E-state index contributed by atoms with van der Waals surface area (Å²) in [4.78, 5) is 7.21. The van der Waals surface area contributed by atoms with Gasteiger partial charge in [-0.3, -0.25) is 0 Å². The Kier molecular flexibility index (Phi) is 4.57. The first-order valence-corrected chi connectivity index (χ1v) is 12.0. The molecule has 2 heterocycles. The van der Waals surface area contributed by atoms with E-state index in [4.69, 9.17) is 17.6 Å². The average Bonchev–Trinajstić information content (AvgIpc) is 3.50. The van der Waals surface area contributed by atoms with Gasteiger partial charge in [-0.25, -0.2) is 9.69 Å². The maximum atomic E-state index is 10.2. The number of furan rings is 1. The van der Waals surface area contributed by atoms with Gasteiger partial charge in [-0.1, -0.05) is 48.5 Å². The molecule has 0 aliphatic carbocycles. The van der Waals surface area contributed by atoms with Gasteiger partial charge in [0.2, 0.25) is 0 Å². The Morgan fingerprint density at radius 3 is 2.13 bits per heavy atom. The van der Waals surface area contributed by atoms with Gasteiger partial charge >= 0.3 is 0 Å². The van der Waals surface area contributed by atoms with Gasteiger partial charge in [0, 0.05) is 21.7 Å². The van der Waals surface area contributed by atoms with E-state index in [9.17, 15) is 5.26 Å². The molecule has 0 spiro atoms. The van der Waals surface area contributed by atoms with Gasteiger partial charge in [0.15, 0.2) is 11.4 Å². The summed E-state index contributed by atoms with van der Waals surface area (Å²) in [5, 5.41) is 14.0. The molecule has 7 rings (SSSR count). The van der Waals surface area contributed by atoms with Gasteiger partial charge in [0.05, 0.1) is 35.4 Å². The number of benzene rings is 5. The van der Waals surface area contributed by atoms with Gasteiger partial charge in [0.1, 0.15) is 17.2 Å². The molecule has 2 aromatic heterocycles. The predicted octanol–water partition coefficient (Wildman–Crippen LogP) is 9.32. The fourth-order valence-electron chi connectivity index (χ4n) is 5.38. The van der Waals surface area contributed by atoms with Crippen molar-refractivity contribution in [2.24, 2.45) is 0 Å². The van der Waals surface area contributed by atoms with Crippen LogP contribution in [-0.2, 0) is 0 Å². The lowest BCUT2D eigenvalue weighted by molar-refractivity contribution is 0.669.